The van der Waals surface area contributed by atoms with Crippen molar-refractivity contribution in [2.75, 3.05) is 12.4 Å². The number of hydrogen-bond acceptors (Lipinski definition) is 4. The lowest BCUT2D eigenvalue weighted by Gasteiger charge is -2.09. The Hall–Kier alpha value is -2.73. The number of anilines is 1. The molecule has 3 aromatic rings. The number of ether oxygens (including phenoxy) is 1. The van der Waals surface area contributed by atoms with Crippen molar-refractivity contribution >= 4 is 34.2 Å². The van der Waals surface area contributed by atoms with Gasteiger partial charge in [-0.2, -0.15) is 0 Å². The molecule has 2 N–H and O–H groups in total. The van der Waals surface area contributed by atoms with Gasteiger partial charge in [0.25, 0.3) is 0 Å². The van der Waals surface area contributed by atoms with Crippen LogP contribution in [0.1, 0.15) is 16.1 Å². The molecule has 7 heteroatoms. The van der Waals surface area contributed by atoms with E-state index < -0.39 is 11.8 Å². The zero-order valence-corrected chi connectivity index (χ0v) is 13.4. The van der Waals surface area contributed by atoms with Gasteiger partial charge in [-0.15, -0.1) is 0 Å². The summed E-state index contributed by atoms with van der Waals surface area (Å²) in [6.45, 7) is 0.188. The Balaban J connectivity index is 1.83. The number of methoxy groups -OCH3 is 1. The highest BCUT2D eigenvalue weighted by Gasteiger charge is 2.13. The van der Waals surface area contributed by atoms with Crippen LogP contribution in [0.15, 0.2) is 40.8 Å². The molecule has 0 aliphatic rings. The third-order valence-corrected chi connectivity index (χ3v) is 3.83. The fourth-order valence-corrected chi connectivity index (χ4v) is 2.57. The number of halogens is 2. The van der Waals surface area contributed by atoms with Crippen molar-refractivity contribution < 1.29 is 23.4 Å². The molecule has 5 nitrogen and oxygen atoms in total. The third-order valence-electron chi connectivity index (χ3n) is 3.53. The number of benzene rings is 2. The van der Waals surface area contributed by atoms with E-state index in [2.05, 4.69) is 5.32 Å². The fraction of sp³-hybridized carbons (Fsp3) is 0.118. The van der Waals surface area contributed by atoms with Gasteiger partial charge in [0.2, 0.25) is 5.76 Å². The van der Waals surface area contributed by atoms with Crippen molar-refractivity contribution in [1.82, 2.24) is 0 Å². The van der Waals surface area contributed by atoms with Crippen LogP contribution in [0.4, 0.5) is 10.1 Å². The summed E-state index contributed by atoms with van der Waals surface area (Å²) in [5, 5.41) is 12.8. The standard InChI is InChI=1S/C17H13ClFNO4/c1-23-14-3-2-11(7-12(14)18)20-8-10-6-15-9(4-13(10)19)5-16(24-15)17(21)22/h2-7,20H,8H2,1H3,(H,21,22). The Kier molecular flexibility index (Phi) is 4.31. The monoisotopic (exact) mass is 349 g/mol. The molecule has 124 valence electrons. The summed E-state index contributed by atoms with van der Waals surface area (Å²) in [6, 6.07) is 9.17. The molecule has 0 fully saturated rings. The van der Waals surface area contributed by atoms with E-state index in [1.54, 1.807) is 18.2 Å². The zero-order valence-electron chi connectivity index (χ0n) is 12.6. The van der Waals surface area contributed by atoms with Crippen LogP contribution in [0.25, 0.3) is 11.0 Å². The molecule has 3 rings (SSSR count). The number of carboxylic acids is 1. The van der Waals surface area contributed by atoms with Gasteiger partial charge in [0.05, 0.1) is 12.1 Å². The molecule has 24 heavy (non-hydrogen) atoms. The number of rotatable bonds is 5. The molecule has 1 heterocycles. The van der Waals surface area contributed by atoms with Crippen molar-refractivity contribution in [2.45, 2.75) is 6.54 Å². The zero-order chi connectivity index (χ0) is 17.3. The van der Waals surface area contributed by atoms with E-state index in [0.717, 1.165) is 0 Å². The summed E-state index contributed by atoms with van der Waals surface area (Å²) < 4.78 is 24.4. The molecular formula is C17H13ClFNO4. The van der Waals surface area contributed by atoms with Crippen LogP contribution in [0, 0.1) is 5.82 Å². The molecule has 0 radical (unpaired) electrons. The number of hydrogen-bond donors (Lipinski definition) is 2. The van der Waals surface area contributed by atoms with Crippen molar-refractivity contribution in [3.05, 3.63) is 58.6 Å². The largest absolute Gasteiger partial charge is 0.495 e. The molecule has 2 aromatic carbocycles. The summed E-state index contributed by atoms with van der Waals surface area (Å²) in [5.74, 6) is -1.32. The highest BCUT2D eigenvalue weighted by atomic mass is 35.5. The van der Waals surface area contributed by atoms with Gasteiger partial charge in [0.15, 0.2) is 0 Å². The van der Waals surface area contributed by atoms with Gasteiger partial charge >= 0.3 is 5.97 Å². The lowest BCUT2D eigenvalue weighted by atomic mass is 10.1. The number of carbonyl (C=O) groups is 1. The first kappa shape index (κ1) is 16.1. The van der Waals surface area contributed by atoms with E-state index >= 15 is 0 Å². The number of furan rings is 1. The maximum Gasteiger partial charge on any atom is 0.371 e. The van der Waals surface area contributed by atoms with Crippen LogP contribution in [0.5, 0.6) is 5.75 Å². The molecule has 0 unspecified atom stereocenters. The molecule has 0 aliphatic heterocycles. The molecular weight excluding hydrogens is 337 g/mol. The van der Waals surface area contributed by atoms with Gasteiger partial charge in [0, 0.05) is 23.2 Å². The van der Waals surface area contributed by atoms with E-state index in [-0.39, 0.29) is 12.3 Å². The fourth-order valence-electron chi connectivity index (χ4n) is 2.32. The van der Waals surface area contributed by atoms with Gasteiger partial charge < -0.3 is 19.6 Å². The summed E-state index contributed by atoms with van der Waals surface area (Å²) in [5.41, 5.74) is 1.37. The molecule has 0 saturated carbocycles. The number of carboxylic acid groups (broad SMARTS) is 1. The normalized spacial score (nSPS) is 10.8. The Labute approximate surface area is 141 Å². The average Bonchev–Trinajstić information content (AvgIpc) is 2.95. The van der Waals surface area contributed by atoms with Gasteiger partial charge in [-0.1, -0.05) is 11.6 Å². The van der Waals surface area contributed by atoms with Crippen LogP contribution in [-0.2, 0) is 6.54 Å². The Morgan fingerprint density at radius 3 is 2.79 bits per heavy atom. The summed E-state index contributed by atoms with van der Waals surface area (Å²) in [6.07, 6.45) is 0. The smallest absolute Gasteiger partial charge is 0.371 e. The van der Waals surface area contributed by atoms with Crippen LogP contribution >= 0.6 is 11.6 Å². The molecule has 0 atom stereocenters. The minimum atomic E-state index is -1.20. The summed E-state index contributed by atoms with van der Waals surface area (Å²) >= 11 is 6.04. The summed E-state index contributed by atoms with van der Waals surface area (Å²) in [4.78, 5) is 10.9. The first-order chi connectivity index (χ1) is 11.5. The average molecular weight is 350 g/mol. The second-order valence-corrected chi connectivity index (χ2v) is 5.51. The Bertz CT molecular complexity index is 922. The van der Waals surface area contributed by atoms with E-state index in [0.29, 0.717) is 33.0 Å². The van der Waals surface area contributed by atoms with Gasteiger partial charge in [0.1, 0.15) is 17.1 Å². The van der Waals surface area contributed by atoms with Crippen molar-refractivity contribution in [1.29, 1.82) is 0 Å². The van der Waals surface area contributed by atoms with Gasteiger partial charge in [-0.05, 0) is 36.4 Å². The maximum absolute atomic E-state index is 14.2. The van der Waals surface area contributed by atoms with Crippen LogP contribution < -0.4 is 10.1 Å². The van der Waals surface area contributed by atoms with E-state index in [9.17, 15) is 9.18 Å². The highest BCUT2D eigenvalue weighted by Crippen LogP contribution is 2.28. The topological polar surface area (TPSA) is 71.7 Å². The third kappa shape index (κ3) is 3.14. The van der Waals surface area contributed by atoms with Crippen LogP contribution in [0.2, 0.25) is 5.02 Å². The second kappa shape index (κ2) is 6.41. The predicted octanol–water partition coefficient (Wildman–Crippen LogP) is 4.54. The molecule has 0 amide bonds. The van der Waals surface area contributed by atoms with Gasteiger partial charge in [-0.25, -0.2) is 9.18 Å². The second-order valence-electron chi connectivity index (χ2n) is 5.10. The van der Waals surface area contributed by atoms with Crippen molar-refractivity contribution in [3.8, 4) is 5.75 Å². The first-order valence-electron chi connectivity index (χ1n) is 7.00. The Morgan fingerprint density at radius 2 is 2.12 bits per heavy atom. The van der Waals surface area contributed by atoms with Crippen molar-refractivity contribution in [2.24, 2.45) is 0 Å². The number of nitrogens with one attached hydrogen (secondary N) is 1. The highest BCUT2D eigenvalue weighted by molar-refractivity contribution is 6.32. The van der Waals surface area contributed by atoms with E-state index in [4.69, 9.17) is 25.9 Å². The van der Waals surface area contributed by atoms with E-state index in [1.165, 1.54) is 25.3 Å². The van der Waals surface area contributed by atoms with Crippen LogP contribution in [-0.4, -0.2) is 18.2 Å². The Morgan fingerprint density at radius 1 is 1.33 bits per heavy atom. The van der Waals surface area contributed by atoms with Crippen LogP contribution in [0.3, 0.4) is 0 Å². The molecule has 0 bridgehead atoms. The first-order valence-corrected chi connectivity index (χ1v) is 7.38. The number of aromatic carboxylic acids is 1. The lowest BCUT2D eigenvalue weighted by Crippen LogP contribution is -2.02. The minimum absolute atomic E-state index is 0.188. The number of fused-ring (bicyclic) bond motifs is 1. The summed E-state index contributed by atoms with van der Waals surface area (Å²) in [7, 11) is 1.52. The SMILES string of the molecule is COc1ccc(NCc2cc3oc(C(=O)O)cc3cc2F)cc1Cl. The quantitative estimate of drug-likeness (QED) is 0.707. The van der Waals surface area contributed by atoms with E-state index in [1.807, 2.05) is 0 Å². The lowest BCUT2D eigenvalue weighted by molar-refractivity contribution is 0.0665. The van der Waals surface area contributed by atoms with Crippen molar-refractivity contribution in [3.63, 3.8) is 0 Å². The molecule has 0 aliphatic carbocycles. The molecule has 1 aromatic heterocycles. The molecule has 0 saturated heterocycles. The van der Waals surface area contributed by atoms with Gasteiger partial charge in [-0.3, -0.25) is 0 Å². The minimum Gasteiger partial charge on any atom is -0.495 e. The predicted molar refractivity (Wildman–Crippen MR) is 88.5 cm³/mol. The maximum atomic E-state index is 14.2. The molecule has 0 spiro atoms.